The summed E-state index contributed by atoms with van der Waals surface area (Å²) in [7, 11) is 0. The Morgan fingerprint density at radius 3 is 1.67 bits per heavy atom. The van der Waals surface area contributed by atoms with Crippen LogP contribution in [0, 0.1) is 0 Å². The second kappa shape index (κ2) is 22.6. The van der Waals surface area contributed by atoms with Crippen LogP contribution >= 0.6 is 0 Å². The predicted molar refractivity (Wildman–Crippen MR) is 130 cm³/mol. The number of esters is 2. The third-order valence-electron chi connectivity index (χ3n) is 5.83. The van der Waals surface area contributed by atoms with Crippen molar-refractivity contribution < 1.29 is 34.4 Å². The summed E-state index contributed by atoms with van der Waals surface area (Å²) in [6, 6.07) is 0. The van der Waals surface area contributed by atoms with Crippen LogP contribution in [0.1, 0.15) is 123 Å². The average Bonchev–Trinajstić information content (AvgIpc) is 2.77. The number of hydrogen-bond donors (Lipinski definition) is 3. The van der Waals surface area contributed by atoms with Gasteiger partial charge in [-0.3, -0.25) is 9.59 Å². The fourth-order valence-electron chi connectivity index (χ4n) is 3.85. The van der Waals surface area contributed by atoms with Gasteiger partial charge in [0.25, 0.3) is 0 Å². The zero-order valence-corrected chi connectivity index (χ0v) is 21.1. The molecule has 0 aromatic rings. The Bertz CT molecular complexity index is 470. The van der Waals surface area contributed by atoms with Gasteiger partial charge in [0.05, 0.1) is 25.2 Å². The van der Waals surface area contributed by atoms with Crippen molar-refractivity contribution in [2.45, 2.75) is 141 Å². The number of rotatable bonds is 23. The zero-order chi connectivity index (χ0) is 24.7. The molecule has 196 valence electrons. The molecule has 0 saturated heterocycles. The van der Waals surface area contributed by atoms with E-state index in [4.69, 9.17) is 14.6 Å². The number of unbranched alkanes of at least 4 members (excludes halogenated alkanes) is 11. The van der Waals surface area contributed by atoms with E-state index in [0.717, 1.165) is 32.1 Å². The summed E-state index contributed by atoms with van der Waals surface area (Å²) < 4.78 is 9.72. The molecule has 0 bridgehead atoms. The maximum Gasteiger partial charge on any atom is 0.308 e. The standard InChI is InChI=1S/C26H50O7/c1-3-4-5-6-7-8-9-10-11-12-13-16-23(29)17-14-15-18-24(30)19-26(31)32-21-25(20-27)33-22(2)28/h23-25,27,29-30H,3-21H2,1-2H3. The molecule has 0 spiro atoms. The van der Waals surface area contributed by atoms with Gasteiger partial charge in [-0.1, -0.05) is 90.4 Å². The van der Waals surface area contributed by atoms with Crippen molar-refractivity contribution in [1.82, 2.24) is 0 Å². The van der Waals surface area contributed by atoms with E-state index in [2.05, 4.69) is 6.92 Å². The lowest BCUT2D eigenvalue weighted by Gasteiger charge is -2.15. The summed E-state index contributed by atoms with van der Waals surface area (Å²) in [5.74, 6) is -1.15. The monoisotopic (exact) mass is 474 g/mol. The molecule has 0 aromatic carbocycles. The van der Waals surface area contributed by atoms with Crippen LogP contribution in [0.25, 0.3) is 0 Å². The van der Waals surface area contributed by atoms with Crippen molar-refractivity contribution in [3.63, 3.8) is 0 Å². The van der Waals surface area contributed by atoms with Crippen LogP contribution in [0.15, 0.2) is 0 Å². The first-order valence-corrected chi connectivity index (χ1v) is 13.2. The molecule has 3 N–H and O–H groups in total. The van der Waals surface area contributed by atoms with Crippen molar-refractivity contribution in [3.05, 3.63) is 0 Å². The number of carbonyl (C=O) groups is 2. The Morgan fingerprint density at radius 2 is 1.18 bits per heavy atom. The summed E-state index contributed by atoms with van der Waals surface area (Å²) in [6.07, 6.45) is 15.7. The number of aliphatic hydroxyl groups excluding tert-OH is 3. The minimum Gasteiger partial charge on any atom is -0.462 e. The van der Waals surface area contributed by atoms with Crippen molar-refractivity contribution in [2.75, 3.05) is 13.2 Å². The second-order valence-corrected chi connectivity index (χ2v) is 9.22. The first-order valence-electron chi connectivity index (χ1n) is 13.2. The Balaban J connectivity index is 3.56. The summed E-state index contributed by atoms with van der Waals surface area (Å²) in [5.41, 5.74) is 0. The molecular formula is C26H50O7. The first kappa shape index (κ1) is 31.8. The Morgan fingerprint density at radius 1 is 0.727 bits per heavy atom. The van der Waals surface area contributed by atoms with Gasteiger partial charge >= 0.3 is 11.9 Å². The lowest BCUT2D eigenvalue weighted by molar-refractivity contribution is -0.160. The van der Waals surface area contributed by atoms with Crippen molar-refractivity contribution >= 4 is 11.9 Å². The molecule has 0 amide bonds. The van der Waals surface area contributed by atoms with E-state index in [-0.39, 0.29) is 19.1 Å². The highest BCUT2D eigenvalue weighted by atomic mass is 16.6. The SMILES string of the molecule is CCCCCCCCCCCCCC(O)CCCCC(O)CC(=O)OCC(CO)OC(C)=O. The van der Waals surface area contributed by atoms with E-state index in [9.17, 15) is 19.8 Å². The van der Waals surface area contributed by atoms with E-state index in [1.54, 1.807) is 0 Å². The molecular weight excluding hydrogens is 424 g/mol. The van der Waals surface area contributed by atoms with Crippen LogP contribution in [0.2, 0.25) is 0 Å². The zero-order valence-electron chi connectivity index (χ0n) is 21.1. The number of ether oxygens (including phenoxy) is 2. The highest BCUT2D eigenvalue weighted by Crippen LogP contribution is 2.15. The largest absolute Gasteiger partial charge is 0.462 e. The molecule has 0 heterocycles. The molecule has 0 radical (unpaired) electrons. The lowest BCUT2D eigenvalue weighted by atomic mass is 10.0. The normalized spacial score (nSPS) is 14.0. The Labute approximate surface area is 201 Å². The van der Waals surface area contributed by atoms with E-state index in [1.807, 2.05) is 0 Å². The lowest BCUT2D eigenvalue weighted by Crippen LogP contribution is -2.28. The highest BCUT2D eigenvalue weighted by Gasteiger charge is 2.16. The quantitative estimate of drug-likeness (QED) is 0.144. The van der Waals surface area contributed by atoms with Crippen molar-refractivity contribution in [2.24, 2.45) is 0 Å². The van der Waals surface area contributed by atoms with E-state index in [1.165, 1.54) is 71.1 Å². The van der Waals surface area contributed by atoms with Crippen LogP contribution in [-0.2, 0) is 19.1 Å². The highest BCUT2D eigenvalue weighted by molar-refractivity contribution is 5.70. The molecule has 0 aliphatic carbocycles. The van der Waals surface area contributed by atoms with Crippen LogP contribution in [0.3, 0.4) is 0 Å². The van der Waals surface area contributed by atoms with Gasteiger partial charge in [0.1, 0.15) is 6.61 Å². The van der Waals surface area contributed by atoms with Gasteiger partial charge in [-0.25, -0.2) is 0 Å². The summed E-state index contributed by atoms with van der Waals surface area (Å²) >= 11 is 0. The Kier molecular flexibility index (Phi) is 21.8. The number of aliphatic hydroxyl groups is 3. The maximum atomic E-state index is 11.7. The van der Waals surface area contributed by atoms with E-state index >= 15 is 0 Å². The minimum absolute atomic E-state index is 0.139. The topological polar surface area (TPSA) is 113 Å². The predicted octanol–water partition coefficient (Wildman–Crippen LogP) is 4.83. The minimum atomic E-state index is -0.884. The summed E-state index contributed by atoms with van der Waals surface area (Å²) in [5, 5.41) is 29.2. The van der Waals surface area contributed by atoms with Crippen LogP contribution < -0.4 is 0 Å². The van der Waals surface area contributed by atoms with E-state index in [0.29, 0.717) is 6.42 Å². The second-order valence-electron chi connectivity index (χ2n) is 9.22. The molecule has 0 aliphatic heterocycles. The molecule has 3 unspecified atom stereocenters. The van der Waals surface area contributed by atoms with Gasteiger partial charge in [0.15, 0.2) is 6.10 Å². The first-order chi connectivity index (χ1) is 15.9. The molecule has 0 saturated carbocycles. The van der Waals surface area contributed by atoms with Crippen LogP contribution in [-0.4, -0.2) is 58.8 Å². The summed E-state index contributed by atoms with van der Waals surface area (Å²) in [6.45, 7) is 2.80. The Hall–Kier alpha value is -1.18. The van der Waals surface area contributed by atoms with Crippen molar-refractivity contribution in [3.8, 4) is 0 Å². The van der Waals surface area contributed by atoms with Crippen LogP contribution in [0.5, 0.6) is 0 Å². The third kappa shape index (κ3) is 22.4. The number of carbonyl (C=O) groups excluding carboxylic acids is 2. The molecule has 0 fully saturated rings. The fraction of sp³-hybridized carbons (Fsp3) is 0.923. The molecule has 3 atom stereocenters. The maximum absolute atomic E-state index is 11.7. The molecule has 0 aliphatic rings. The molecule has 0 rings (SSSR count). The molecule has 7 heteroatoms. The fourth-order valence-corrected chi connectivity index (χ4v) is 3.85. The smallest absolute Gasteiger partial charge is 0.308 e. The molecule has 33 heavy (non-hydrogen) atoms. The van der Waals surface area contributed by atoms with Gasteiger partial charge in [-0.05, 0) is 19.3 Å². The van der Waals surface area contributed by atoms with Crippen LogP contribution in [0.4, 0.5) is 0 Å². The van der Waals surface area contributed by atoms with E-state index < -0.39 is 30.8 Å². The van der Waals surface area contributed by atoms with Gasteiger partial charge in [-0.2, -0.15) is 0 Å². The number of hydrogen-bond acceptors (Lipinski definition) is 7. The third-order valence-corrected chi connectivity index (χ3v) is 5.83. The van der Waals surface area contributed by atoms with Gasteiger partial charge in [-0.15, -0.1) is 0 Å². The molecule has 0 aromatic heterocycles. The van der Waals surface area contributed by atoms with Gasteiger partial charge < -0.3 is 24.8 Å². The average molecular weight is 475 g/mol. The van der Waals surface area contributed by atoms with Crippen molar-refractivity contribution in [1.29, 1.82) is 0 Å². The molecule has 7 nitrogen and oxygen atoms in total. The van der Waals surface area contributed by atoms with Gasteiger partial charge in [0, 0.05) is 6.92 Å². The summed E-state index contributed by atoms with van der Waals surface area (Å²) in [4.78, 5) is 22.6. The van der Waals surface area contributed by atoms with Gasteiger partial charge in [0.2, 0.25) is 0 Å².